The van der Waals surface area contributed by atoms with Crippen molar-refractivity contribution in [2.24, 2.45) is 0 Å². The van der Waals surface area contributed by atoms with Crippen molar-refractivity contribution in [3.8, 4) is 11.5 Å². The Hall–Kier alpha value is -1.59. The highest BCUT2D eigenvalue weighted by molar-refractivity contribution is 7.11. The molecular formula is C16H22N2O2S. The van der Waals surface area contributed by atoms with Crippen LogP contribution in [0.4, 0.5) is 0 Å². The number of hydrogen-bond donors (Lipinski definition) is 1. The normalized spacial score (nSPS) is 10.7. The fourth-order valence-electron chi connectivity index (χ4n) is 1.95. The Bertz CT molecular complexity index is 576. The number of nitrogens with one attached hydrogen (secondary N) is 1. The molecule has 0 saturated carbocycles. The smallest absolute Gasteiger partial charge is 0.162 e. The highest BCUT2D eigenvalue weighted by Gasteiger charge is 2.09. The first-order valence-corrected chi connectivity index (χ1v) is 7.89. The maximum Gasteiger partial charge on any atom is 0.162 e. The van der Waals surface area contributed by atoms with E-state index in [9.17, 15) is 0 Å². The lowest BCUT2D eigenvalue weighted by molar-refractivity contribution is 0.283. The van der Waals surface area contributed by atoms with E-state index >= 15 is 0 Å². The third kappa shape index (κ3) is 4.19. The molecule has 21 heavy (non-hydrogen) atoms. The highest BCUT2D eigenvalue weighted by Crippen LogP contribution is 2.29. The largest absolute Gasteiger partial charge is 0.493 e. The molecule has 0 aliphatic heterocycles. The molecule has 1 aromatic heterocycles. The monoisotopic (exact) mass is 306 g/mol. The van der Waals surface area contributed by atoms with Crippen LogP contribution in [0.3, 0.4) is 0 Å². The van der Waals surface area contributed by atoms with E-state index in [1.165, 1.54) is 10.4 Å². The molecule has 4 nitrogen and oxygen atoms in total. The number of aromatic nitrogens is 1. The first-order valence-electron chi connectivity index (χ1n) is 7.07. The van der Waals surface area contributed by atoms with Gasteiger partial charge >= 0.3 is 0 Å². The van der Waals surface area contributed by atoms with Crippen molar-refractivity contribution in [1.29, 1.82) is 0 Å². The zero-order valence-electron chi connectivity index (χ0n) is 13.0. The summed E-state index contributed by atoms with van der Waals surface area (Å²) in [5.41, 5.74) is 2.26. The number of benzene rings is 1. The molecule has 0 aliphatic carbocycles. The van der Waals surface area contributed by atoms with E-state index in [1.807, 2.05) is 25.1 Å². The van der Waals surface area contributed by atoms with Crippen molar-refractivity contribution >= 4 is 11.3 Å². The molecule has 114 valence electrons. The Labute approximate surface area is 130 Å². The van der Waals surface area contributed by atoms with E-state index < -0.39 is 0 Å². The minimum Gasteiger partial charge on any atom is -0.493 e. The fraction of sp³-hybridized carbons (Fsp3) is 0.438. The van der Waals surface area contributed by atoms with Crippen LogP contribution in [0.1, 0.15) is 28.1 Å². The van der Waals surface area contributed by atoms with Crippen LogP contribution in [0.15, 0.2) is 18.2 Å². The van der Waals surface area contributed by atoms with Crippen molar-refractivity contribution in [3.05, 3.63) is 39.3 Å². The standard InChI is InChI=1S/C16H22N2O2S/c1-5-17-9-13-6-7-14(19-4)15(8-13)20-10-16-18-11(2)12(3)21-16/h6-8,17H,5,9-10H2,1-4H3. The molecule has 0 spiro atoms. The number of aryl methyl sites for hydroxylation is 2. The second-order valence-corrected chi connectivity index (χ2v) is 6.09. The molecule has 1 N–H and O–H groups in total. The van der Waals surface area contributed by atoms with E-state index in [4.69, 9.17) is 9.47 Å². The Kier molecular flexibility index (Phi) is 5.59. The molecule has 2 rings (SSSR count). The van der Waals surface area contributed by atoms with Crippen LogP contribution in [0.2, 0.25) is 0 Å². The average molecular weight is 306 g/mol. The molecule has 0 aliphatic rings. The number of ether oxygens (including phenoxy) is 2. The number of hydrogen-bond acceptors (Lipinski definition) is 5. The Morgan fingerprint density at radius 3 is 2.67 bits per heavy atom. The summed E-state index contributed by atoms with van der Waals surface area (Å²) in [6.07, 6.45) is 0. The summed E-state index contributed by atoms with van der Waals surface area (Å²) < 4.78 is 11.3. The van der Waals surface area contributed by atoms with E-state index in [1.54, 1.807) is 18.4 Å². The molecule has 0 unspecified atom stereocenters. The van der Waals surface area contributed by atoms with Gasteiger partial charge < -0.3 is 14.8 Å². The summed E-state index contributed by atoms with van der Waals surface area (Å²) in [6.45, 7) is 8.43. The maximum atomic E-state index is 5.90. The molecular weight excluding hydrogens is 284 g/mol. The van der Waals surface area contributed by atoms with Gasteiger partial charge in [0.1, 0.15) is 11.6 Å². The van der Waals surface area contributed by atoms with Crippen LogP contribution in [-0.4, -0.2) is 18.6 Å². The van der Waals surface area contributed by atoms with E-state index in [0.29, 0.717) is 6.61 Å². The van der Waals surface area contributed by atoms with Crippen LogP contribution >= 0.6 is 11.3 Å². The molecule has 5 heteroatoms. The Morgan fingerprint density at radius 1 is 1.24 bits per heavy atom. The van der Waals surface area contributed by atoms with Crippen molar-refractivity contribution in [2.45, 2.75) is 33.9 Å². The van der Waals surface area contributed by atoms with Gasteiger partial charge in [-0.3, -0.25) is 0 Å². The third-order valence-electron chi connectivity index (χ3n) is 3.23. The summed E-state index contributed by atoms with van der Waals surface area (Å²) in [5, 5.41) is 4.30. The van der Waals surface area contributed by atoms with Gasteiger partial charge in [0.2, 0.25) is 0 Å². The molecule has 2 aromatic rings. The van der Waals surface area contributed by atoms with E-state index in [-0.39, 0.29) is 0 Å². The summed E-state index contributed by atoms with van der Waals surface area (Å²) >= 11 is 1.68. The topological polar surface area (TPSA) is 43.4 Å². The molecule has 0 saturated heterocycles. The lowest BCUT2D eigenvalue weighted by Gasteiger charge is -2.11. The summed E-state index contributed by atoms with van der Waals surface area (Å²) in [5.74, 6) is 1.51. The summed E-state index contributed by atoms with van der Waals surface area (Å²) in [4.78, 5) is 5.73. The van der Waals surface area contributed by atoms with Crippen molar-refractivity contribution < 1.29 is 9.47 Å². The van der Waals surface area contributed by atoms with Crippen molar-refractivity contribution in [3.63, 3.8) is 0 Å². The van der Waals surface area contributed by atoms with Gasteiger partial charge in [0.15, 0.2) is 11.5 Å². The van der Waals surface area contributed by atoms with Gasteiger partial charge in [-0.1, -0.05) is 13.0 Å². The van der Waals surface area contributed by atoms with Gasteiger partial charge in [0.05, 0.1) is 12.8 Å². The molecule has 1 aromatic carbocycles. The second-order valence-electron chi connectivity index (χ2n) is 4.80. The van der Waals surface area contributed by atoms with Gasteiger partial charge in [-0.15, -0.1) is 11.3 Å². The number of rotatable bonds is 7. The average Bonchev–Trinajstić information content (AvgIpc) is 2.81. The predicted molar refractivity (Wildman–Crippen MR) is 86.3 cm³/mol. The van der Waals surface area contributed by atoms with Gasteiger partial charge in [0, 0.05) is 11.4 Å². The van der Waals surface area contributed by atoms with E-state index in [2.05, 4.69) is 24.1 Å². The molecule has 0 radical (unpaired) electrons. The summed E-state index contributed by atoms with van der Waals surface area (Å²) in [7, 11) is 1.66. The zero-order chi connectivity index (χ0) is 15.2. The van der Waals surface area contributed by atoms with E-state index in [0.717, 1.165) is 35.3 Å². The van der Waals surface area contributed by atoms with Gasteiger partial charge in [-0.2, -0.15) is 0 Å². The zero-order valence-corrected chi connectivity index (χ0v) is 13.8. The van der Waals surface area contributed by atoms with Gasteiger partial charge in [-0.05, 0) is 38.1 Å². The molecule has 0 fully saturated rings. The van der Waals surface area contributed by atoms with Crippen molar-refractivity contribution in [2.75, 3.05) is 13.7 Å². The lowest BCUT2D eigenvalue weighted by atomic mass is 10.2. The van der Waals surface area contributed by atoms with Gasteiger partial charge in [0.25, 0.3) is 0 Å². The fourth-order valence-corrected chi connectivity index (χ4v) is 2.80. The predicted octanol–water partition coefficient (Wildman–Crippen LogP) is 3.46. The third-order valence-corrected chi connectivity index (χ3v) is 4.28. The number of nitrogens with zero attached hydrogens (tertiary/aromatic N) is 1. The quantitative estimate of drug-likeness (QED) is 0.851. The van der Waals surface area contributed by atoms with Crippen LogP contribution in [0, 0.1) is 13.8 Å². The Morgan fingerprint density at radius 2 is 2.05 bits per heavy atom. The number of methoxy groups -OCH3 is 1. The van der Waals surface area contributed by atoms with Crippen LogP contribution in [-0.2, 0) is 13.2 Å². The van der Waals surface area contributed by atoms with Crippen LogP contribution in [0.5, 0.6) is 11.5 Å². The first kappa shape index (κ1) is 15.8. The highest BCUT2D eigenvalue weighted by atomic mass is 32.1. The maximum absolute atomic E-state index is 5.90. The summed E-state index contributed by atoms with van der Waals surface area (Å²) in [6, 6.07) is 6.02. The molecule has 1 heterocycles. The minimum absolute atomic E-state index is 0.473. The lowest BCUT2D eigenvalue weighted by Crippen LogP contribution is -2.11. The van der Waals surface area contributed by atoms with Gasteiger partial charge in [-0.25, -0.2) is 4.98 Å². The minimum atomic E-state index is 0.473. The van der Waals surface area contributed by atoms with Crippen molar-refractivity contribution in [1.82, 2.24) is 10.3 Å². The second kappa shape index (κ2) is 7.43. The molecule has 0 amide bonds. The van der Waals surface area contributed by atoms with Crippen LogP contribution < -0.4 is 14.8 Å². The number of thiazole rings is 1. The molecule has 0 bridgehead atoms. The molecule has 0 atom stereocenters. The van der Waals surface area contributed by atoms with Crippen LogP contribution in [0.25, 0.3) is 0 Å². The SMILES string of the molecule is CCNCc1ccc(OC)c(OCc2nc(C)c(C)s2)c1. The first-order chi connectivity index (χ1) is 10.1. The Balaban J connectivity index is 2.09.